The molecule has 0 aliphatic carbocycles. The maximum absolute atomic E-state index is 2.64. The Morgan fingerprint density at radius 2 is 1.30 bits per heavy atom. The number of nitrogens with zero attached hydrogens (tertiary/aromatic N) is 2. The number of benzene rings is 3. The third-order valence-corrected chi connectivity index (χ3v) is 5.49. The predicted octanol–water partition coefficient (Wildman–Crippen LogP) is 4.90. The van der Waals surface area contributed by atoms with E-state index in [9.17, 15) is 0 Å². The molecule has 0 atom stereocenters. The van der Waals surface area contributed by atoms with Gasteiger partial charge in [-0.05, 0) is 23.6 Å². The minimum absolute atomic E-state index is 0.341. The summed E-state index contributed by atoms with van der Waals surface area (Å²) >= 11 is 0. The third kappa shape index (κ3) is 4.47. The number of piperazine rings is 1. The predicted molar refractivity (Wildman–Crippen MR) is 113 cm³/mol. The van der Waals surface area contributed by atoms with E-state index < -0.39 is 0 Å². The number of rotatable bonds is 5. The molecule has 0 radical (unpaired) electrons. The summed E-state index contributed by atoms with van der Waals surface area (Å²) in [7, 11) is 0. The van der Waals surface area contributed by atoms with Crippen LogP contribution in [0.2, 0.25) is 0 Å². The summed E-state index contributed by atoms with van der Waals surface area (Å²) in [5.74, 6) is 0. The molecule has 1 heterocycles. The maximum Gasteiger partial charge on any atom is 0.0602 e. The Balaban J connectivity index is 1.47. The van der Waals surface area contributed by atoms with Crippen LogP contribution in [0.5, 0.6) is 0 Å². The number of aryl methyl sites for hydroxylation is 1. The Morgan fingerprint density at radius 1 is 0.704 bits per heavy atom. The molecule has 1 aliphatic heterocycles. The van der Waals surface area contributed by atoms with Gasteiger partial charge in [0.25, 0.3) is 0 Å². The second-order valence-corrected chi connectivity index (χ2v) is 7.53. The molecule has 0 saturated carbocycles. The van der Waals surface area contributed by atoms with Gasteiger partial charge in [0.15, 0.2) is 0 Å². The average Bonchev–Trinajstić information content (AvgIpc) is 2.71. The van der Waals surface area contributed by atoms with Crippen LogP contribution < -0.4 is 0 Å². The molecule has 1 fully saturated rings. The topological polar surface area (TPSA) is 6.48 Å². The fourth-order valence-electron chi connectivity index (χ4n) is 4.13. The molecule has 0 unspecified atom stereocenters. The fraction of sp³-hybridized carbons (Fsp3) is 0.280. The average molecular weight is 357 g/mol. The van der Waals surface area contributed by atoms with Gasteiger partial charge < -0.3 is 0 Å². The van der Waals surface area contributed by atoms with Crippen LogP contribution in [-0.4, -0.2) is 36.0 Å². The highest BCUT2D eigenvalue weighted by Crippen LogP contribution is 2.29. The molecular formula is C25H28N2. The summed E-state index contributed by atoms with van der Waals surface area (Å²) in [4.78, 5) is 5.22. The molecule has 2 nitrogen and oxygen atoms in total. The molecule has 27 heavy (non-hydrogen) atoms. The Kier molecular flexibility index (Phi) is 5.66. The lowest BCUT2D eigenvalue weighted by atomic mass is 9.96. The Labute approximate surface area is 163 Å². The lowest BCUT2D eigenvalue weighted by molar-refractivity contribution is 0.105. The second-order valence-electron chi connectivity index (χ2n) is 7.53. The number of hydrogen-bond acceptors (Lipinski definition) is 2. The van der Waals surface area contributed by atoms with E-state index >= 15 is 0 Å². The molecular weight excluding hydrogens is 328 g/mol. The van der Waals surface area contributed by atoms with E-state index in [4.69, 9.17) is 0 Å². The SMILES string of the molecule is Cc1cccc(CN2CCN(C(c3ccccc3)c3ccccc3)CC2)c1. The van der Waals surface area contributed by atoms with Crippen molar-refractivity contribution in [2.45, 2.75) is 19.5 Å². The van der Waals surface area contributed by atoms with Gasteiger partial charge in [0.05, 0.1) is 6.04 Å². The van der Waals surface area contributed by atoms with Gasteiger partial charge in [-0.25, -0.2) is 0 Å². The molecule has 0 spiro atoms. The van der Waals surface area contributed by atoms with Crippen LogP contribution in [0, 0.1) is 6.92 Å². The first kappa shape index (κ1) is 18.0. The van der Waals surface area contributed by atoms with Crippen molar-refractivity contribution in [3.8, 4) is 0 Å². The summed E-state index contributed by atoms with van der Waals surface area (Å²) in [5, 5.41) is 0. The third-order valence-electron chi connectivity index (χ3n) is 5.49. The molecule has 0 N–H and O–H groups in total. The molecule has 0 aromatic heterocycles. The molecule has 4 rings (SSSR count). The molecule has 3 aromatic carbocycles. The van der Waals surface area contributed by atoms with Crippen molar-refractivity contribution in [3.05, 3.63) is 107 Å². The van der Waals surface area contributed by atoms with Gasteiger partial charge in [0.1, 0.15) is 0 Å². The first-order chi connectivity index (χ1) is 13.3. The van der Waals surface area contributed by atoms with E-state index in [0.717, 1.165) is 32.7 Å². The maximum atomic E-state index is 2.64. The summed E-state index contributed by atoms with van der Waals surface area (Å²) in [6.45, 7) is 7.65. The van der Waals surface area contributed by atoms with Gasteiger partial charge in [-0.3, -0.25) is 9.80 Å². The van der Waals surface area contributed by atoms with Crippen molar-refractivity contribution in [3.63, 3.8) is 0 Å². The largest absolute Gasteiger partial charge is 0.297 e. The molecule has 138 valence electrons. The summed E-state index contributed by atoms with van der Waals surface area (Å²) < 4.78 is 0. The first-order valence-corrected chi connectivity index (χ1v) is 9.91. The molecule has 0 bridgehead atoms. The zero-order valence-corrected chi connectivity index (χ0v) is 16.1. The quantitative estimate of drug-likeness (QED) is 0.641. The monoisotopic (exact) mass is 356 g/mol. The summed E-state index contributed by atoms with van der Waals surface area (Å²) in [6.07, 6.45) is 0. The van der Waals surface area contributed by atoms with E-state index in [1.807, 2.05) is 0 Å². The van der Waals surface area contributed by atoms with E-state index in [2.05, 4.69) is 102 Å². The molecule has 2 heteroatoms. The van der Waals surface area contributed by atoms with Gasteiger partial charge in [-0.1, -0.05) is 90.5 Å². The molecule has 1 aliphatic rings. The van der Waals surface area contributed by atoms with Crippen molar-refractivity contribution in [1.82, 2.24) is 9.80 Å². The Hall–Kier alpha value is -2.42. The van der Waals surface area contributed by atoms with Crippen molar-refractivity contribution in [1.29, 1.82) is 0 Å². The van der Waals surface area contributed by atoms with Gasteiger partial charge >= 0.3 is 0 Å². The molecule has 1 saturated heterocycles. The standard InChI is InChI=1S/C25H28N2/c1-21-9-8-10-22(19-21)20-26-15-17-27(18-16-26)25(23-11-4-2-5-12-23)24-13-6-3-7-14-24/h2-14,19,25H,15-18,20H2,1H3. The fourth-order valence-corrected chi connectivity index (χ4v) is 4.13. The smallest absolute Gasteiger partial charge is 0.0602 e. The van der Waals surface area contributed by atoms with Crippen LogP contribution >= 0.6 is 0 Å². The molecule has 3 aromatic rings. The zero-order valence-electron chi connectivity index (χ0n) is 16.1. The lowest BCUT2D eigenvalue weighted by Gasteiger charge is -2.40. The van der Waals surface area contributed by atoms with Crippen LogP contribution in [0.3, 0.4) is 0 Å². The Bertz CT molecular complexity index is 797. The van der Waals surface area contributed by atoms with Crippen molar-refractivity contribution in [2.24, 2.45) is 0 Å². The van der Waals surface area contributed by atoms with Gasteiger partial charge in [-0.15, -0.1) is 0 Å². The highest BCUT2D eigenvalue weighted by atomic mass is 15.3. The van der Waals surface area contributed by atoms with E-state index in [0.29, 0.717) is 6.04 Å². The normalized spacial score (nSPS) is 15.9. The van der Waals surface area contributed by atoms with Gasteiger partial charge in [0.2, 0.25) is 0 Å². The van der Waals surface area contributed by atoms with Crippen molar-refractivity contribution >= 4 is 0 Å². The van der Waals surface area contributed by atoms with E-state index in [1.54, 1.807) is 0 Å². The van der Waals surface area contributed by atoms with Crippen LogP contribution in [-0.2, 0) is 6.54 Å². The van der Waals surface area contributed by atoms with Crippen molar-refractivity contribution in [2.75, 3.05) is 26.2 Å². The first-order valence-electron chi connectivity index (χ1n) is 9.91. The minimum atomic E-state index is 0.341. The number of hydrogen-bond donors (Lipinski definition) is 0. The second kappa shape index (κ2) is 8.51. The van der Waals surface area contributed by atoms with Crippen LogP contribution in [0.15, 0.2) is 84.9 Å². The van der Waals surface area contributed by atoms with Gasteiger partial charge in [-0.2, -0.15) is 0 Å². The molecule has 0 amide bonds. The minimum Gasteiger partial charge on any atom is -0.297 e. The zero-order chi connectivity index (χ0) is 18.5. The van der Waals surface area contributed by atoms with Crippen LogP contribution in [0.25, 0.3) is 0 Å². The van der Waals surface area contributed by atoms with Gasteiger partial charge in [0, 0.05) is 32.7 Å². The van der Waals surface area contributed by atoms with Crippen molar-refractivity contribution < 1.29 is 0 Å². The lowest BCUT2D eigenvalue weighted by Crippen LogP contribution is -2.47. The summed E-state index contributed by atoms with van der Waals surface area (Å²) in [5.41, 5.74) is 5.54. The van der Waals surface area contributed by atoms with Crippen LogP contribution in [0.1, 0.15) is 28.3 Å². The summed E-state index contributed by atoms with van der Waals surface area (Å²) in [6, 6.07) is 31.1. The Morgan fingerprint density at radius 3 is 1.85 bits per heavy atom. The highest BCUT2D eigenvalue weighted by Gasteiger charge is 2.26. The van der Waals surface area contributed by atoms with E-state index in [-0.39, 0.29) is 0 Å². The van der Waals surface area contributed by atoms with Crippen LogP contribution in [0.4, 0.5) is 0 Å². The van der Waals surface area contributed by atoms with E-state index in [1.165, 1.54) is 22.3 Å². The highest BCUT2D eigenvalue weighted by molar-refractivity contribution is 5.32.